The highest BCUT2D eigenvalue weighted by atomic mass is 15.2. The van der Waals surface area contributed by atoms with Gasteiger partial charge in [-0.1, -0.05) is 25.1 Å². The predicted molar refractivity (Wildman–Crippen MR) is 87.1 cm³/mol. The summed E-state index contributed by atoms with van der Waals surface area (Å²) in [7, 11) is 6.52. The molecule has 1 heterocycles. The molecule has 0 N–H and O–H groups in total. The second-order valence-electron chi connectivity index (χ2n) is 5.76. The number of benzene rings is 1. The van der Waals surface area contributed by atoms with Crippen LogP contribution in [0.1, 0.15) is 25.5 Å². The van der Waals surface area contributed by atoms with Gasteiger partial charge in [-0.15, -0.1) is 0 Å². The fourth-order valence-corrected chi connectivity index (χ4v) is 2.64. The number of fused-ring (bicyclic) bond motifs is 1. The lowest BCUT2D eigenvalue weighted by Gasteiger charge is -2.27. The summed E-state index contributed by atoms with van der Waals surface area (Å²) >= 11 is 0. The van der Waals surface area contributed by atoms with Crippen LogP contribution in [-0.4, -0.2) is 48.1 Å². The highest BCUT2D eigenvalue weighted by Crippen LogP contribution is 2.27. The van der Waals surface area contributed by atoms with E-state index in [0.717, 1.165) is 19.6 Å². The lowest BCUT2D eigenvalue weighted by molar-refractivity contribution is 0.221. The van der Waals surface area contributed by atoms with Gasteiger partial charge in [0, 0.05) is 32.4 Å². The largest absolute Gasteiger partial charge is 0.350 e. The van der Waals surface area contributed by atoms with Gasteiger partial charge in [0.25, 0.3) is 0 Å². The molecule has 1 aromatic carbocycles. The van der Waals surface area contributed by atoms with Crippen LogP contribution in [0.4, 0.5) is 0 Å². The molecule has 1 aromatic heterocycles. The molecular formula is C17H27N3. The molecule has 20 heavy (non-hydrogen) atoms. The minimum atomic E-state index is 0.428. The van der Waals surface area contributed by atoms with E-state index >= 15 is 0 Å². The SMILES string of the molecule is CCN(C)CCN(C)C(C)c1cccc2ccn(C)c12. The molecule has 3 nitrogen and oxygen atoms in total. The van der Waals surface area contributed by atoms with Crippen molar-refractivity contribution in [3.05, 3.63) is 36.0 Å². The number of rotatable bonds is 6. The van der Waals surface area contributed by atoms with Crippen LogP contribution in [0.15, 0.2) is 30.5 Å². The van der Waals surface area contributed by atoms with Gasteiger partial charge in [0.05, 0.1) is 5.52 Å². The van der Waals surface area contributed by atoms with E-state index < -0.39 is 0 Å². The molecule has 2 aromatic rings. The third-order valence-electron chi connectivity index (χ3n) is 4.41. The van der Waals surface area contributed by atoms with E-state index in [2.05, 4.69) is 79.8 Å². The number of hydrogen-bond donors (Lipinski definition) is 0. The number of likely N-dealkylation sites (N-methyl/N-ethyl adjacent to an activating group) is 2. The average Bonchev–Trinajstić information content (AvgIpc) is 2.85. The molecule has 0 fully saturated rings. The second kappa shape index (κ2) is 6.42. The molecule has 0 aliphatic carbocycles. The molecule has 0 bridgehead atoms. The van der Waals surface area contributed by atoms with E-state index in [1.54, 1.807) is 0 Å². The first kappa shape index (κ1) is 15.1. The minimum Gasteiger partial charge on any atom is -0.350 e. The molecule has 0 saturated carbocycles. The van der Waals surface area contributed by atoms with Crippen LogP contribution >= 0.6 is 0 Å². The maximum absolute atomic E-state index is 2.44. The monoisotopic (exact) mass is 273 g/mol. The van der Waals surface area contributed by atoms with Crippen molar-refractivity contribution >= 4 is 10.9 Å². The van der Waals surface area contributed by atoms with E-state index in [1.165, 1.54) is 16.5 Å². The van der Waals surface area contributed by atoms with Crippen molar-refractivity contribution in [1.82, 2.24) is 14.4 Å². The number of aryl methyl sites for hydroxylation is 1. The minimum absolute atomic E-state index is 0.428. The van der Waals surface area contributed by atoms with Gasteiger partial charge in [-0.2, -0.15) is 0 Å². The van der Waals surface area contributed by atoms with Gasteiger partial charge in [-0.25, -0.2) is 0 Å². The molecule has 1 unspecified atom stereocenters. The smallest absolute Gasteiger partial charge is 0.0526 e. The summed E-state index contributed by atoms with van der Waals surface area (Å²) in [6.07, 6.45) is 2.14. The highest BCUT2D eigenvalue weighted by molar-refractivity contribution is 5.83. The maximum atomic E-state index is 2.44. The Morgan fingerprint density at radius 1 is 1.15 bits per heavy atom. The molecule has 3 heteroatoms. The van der Waals surface area contributed by atoms with Gasteiger partial charge in [-0.05, 0) is 44.6 Å². The normalized spacial score (nSPS) is 13.6. The lowest BCUT2D eigenvalue weighted by atomic mass is 10.0. The summed E-state index contributed by atoms with van der Waals surface area (Å²) in [4.78, 5) is 4.79. The summed E-state index contributed by atoms with van der Waals surface area (Å²) in [6.45, 7) is 7.81. The van der Waals surface area contributed by atoms with Crippen molar-refractivity contribution in [2.45, 2.75) is 19.9 Å². The first-order chi connectivity index (χ1) is 9.54. The van der Waals surface area contributed by atoms with Gasteiger partial charge < -0.3 is 9.47 Å². The quantitative estimate of drug-likeness (QED) is 0.801. The van der Waals surface area contributed by atoms with Crippen LogP contribution in [0.2, 0.25) is 0 Å². The standard InChI is InChI=1S/C17H27N3/c1-6-18(3)12-13-19(4)14(2)16-9-7-8-15-10-11-20(5)17(15)16/h7-11,14H,6,12-13H2,1-5H3. The summed E-state index contributed by atoms with van der Waals surface area (Å²) in [6, 6.07) is 9.23. The summed E-state index contributed by atoms with van der Waals surface area (Å²) in [5, 5.41) is 1.33. The Labute approximate surface area is 122 Å². The lowest BCUT2D eigenvalue weighted by Crippen LogP contribution is -2.32. The zero-order valence-electron chi connectivity index (χ0n) is 13.4. The molecule has 1 atom stereocenters. The molecular weight excluding hydrogens is 246 g/mol. The average molecular weight is 273 g/mol. The Kier molecular flexibility index (Phi) is 4.84. The first-order valence-corrected chi connectivity index (χ1v) is 7.47. The fraction of sp³-hybridized carbons (Fsp3) is 0.529. The molecule has 0 saturated heterocycles. The second-order valence-corrected chi connectivity index (χ2v) is 5.76. The van der Waals surface area contributed by atoms with Crippen molar-refractivity contribution in [1.29, 1.82) is 0 Å². The van der Waals surface area contributed by atoms with Crippen molar-refractivity contribution in [2.24, 2.45) is 7.05 Å². The predicted octanol–water partition coefficient (Wildman–Crippen LogP) is 3.12. The third kappa shape index (κ3) is 3.05. The fourth-order valence-electron chi connectivity index (χ4n) is 2.64. The zero-order valence-corrected chi connectivity index (χ0v) is 13.4. The van der Waals surface area contributed by atoms with Crippen molar-refractivity contribution in [3.63, 3.8) is 0 Å². The summed E-state index contributed by atoms with van der Waals surface area (Å²) in [5.41, 5.74) is 2.77. The number of hydrogen-bond acceptors (Lipinski definition) is 2. The molecule has 0 aliphatic heterocycles. The summed E-state index contributed by atoms with van der Waals surface area (Å²) < 4.78 is 2.23. The Balaban J connectivity index is 2.18. The van der Waals surface area contributed by atoms with Gasteiger partial charge in [0.1, 0.15) is 0 Å². The van der Waals surface area contributed by atoms with E-state index in [0.29, 0.717) is 6.04 Å². The summed E-state index contributed by atoms with van der Waals surface area (Å²) in [5.74, 6) is 0. The Bertz CT molecular complexity index is 558. The van der Waals surface area contributed by atoms with E-state index in [4.69, 9.17) is 0 Å². The zero-order chi connectivity index (χ0) is 14.7. The Morgan fingerprint density at radius 3 is 2.60 bits per heavy atom. The van der Waals surface area contributed by atoms with Crippen molar-refractivity contribution in [3.8, 4) is 0 Å². The van der Waals surface area contributed by atoms with Gasteiger partial charge in [-0.3, -0.25) is 4.90 Å². The van der Waals surface area contributed by atoms with Gasteiger partial charge in [0.15, 0.2) is 0 Å². The van der Waals surface area contributed by atoms with Gasteiger partial charge >= 0.3 is 0 Å². The van der Waals surface area contributed by atoms with E-state index in [-0.39, 0.29) is 0 Å². The molecule has 110 valence electrons. The van der Waals surface area contributed by atoms with Crippen molar-refractivity contribution < 1.29 is 0 Å². The van der Waals surface area contributed by atoms with Crippen LogP contribution in [0.25, 0.3) is 10.9 Å². The van der Waals surface area contributed by atoms with Gasteiger partial charge in [0.2, 0.25) is 0 Å². The van der Waals surface area contributed by atoms with E-state index in [9.17, 15) is 0 Å². The van der Waals surface area contributed by atoms with Crippen LogP contribution in [-0.2, 0) is 7.05 Å². The number of para-hydroxylation sites is 1. The van der Waals surface area contributed by atoms with Crippen LogP contribution in [0.3, 0.4) is 0 Å². The van der Waals surface area contributed by atoms with E-state index in [1.807, 2.05) is 0 Å². The van der Waals surface area contributed by atoms with Crippen LogP contribution in [0.5, 0.6) is 0 Å². The molecule has 0 radical (unpaired) electrons. The van der Waals surface area contributed by atoms with Crippen LogP contribution in [0, 0.1) is 0 Å². The number of nitrogens with zero attached hydrogens (tertiary/aromatic N) is 3. The first-order valence-electron chi connectivity index (χ1n) is 7.47. The maximum Gasteiger partial charge on any atom is 0.0526 e. The van der Waals surface area contributed by atoms with Crippen molar-refractivity contribution in [2.75, 3.05) is 33.7 Å². The molecule has 2 rings (SSSR count). The Morgan fingerprint density at radius 2 is 1.90 bits per heavy atom. The van der Waals surface area contributed by atoms with Crippen LogP contribution < -0.4 is 0 Å². The third-order valence-corrected chi connectivity index (χ3v) is 4.41. The Hall–Kier alpha value is -1.32. The molecule has 0 aliphatic rings. The number of aromatic nitrogens is 1. The molecule has 0 amide bonds. The highest BCUT2D eigenvalue weighted by Gasteiger charge is 2.16. The topological polar surface area (TPSA) is 11.4 Å². The molecule has 0 spiro atoms.